The SMILES string of the molecule is C=C/C(=C\c1nc(-c2ccccc2)ccc1C)c1cn(C2CC(CN3CCC3)C2)c2ncnc(N)c12. The summed E-state index contributed by atoms with van der Waals surface area (Å²) in [6.45, 7) is 9.96. The van der Waals surface area contributed by atoms with Crippen molar-refractivity contribution < 1.29 is 0 Å². The molecule has 3 aromatic heterocycles. The van der Waals surface area contributed by atoms with Gasteiger partial charge >= 0.3 is 0 Å². The van der Waals surface area contributed by atoms with Crippen LogP contribution in [0.2, 0.25) is 0 Å². The van der Waals surface area contributed by atoms with E-state index < -0.39 is 0 Å². The Balaban J connectivity index is 1.37. The van der Waals surface area contributed by atoms with Crippen LogP contribution in [-0.2, 0) is 0 Å². The molecule has 0 unspecified atom stereocenters. The zero-order chi connectivity index (χ0) is 24.6. The highest BCUT2D eigenvalue weighted by molar-refractivity contribution is 6.03. The predicted octanol–water partition coefficient (Wildman–Crippen LogP) is 5.77. The van der Waals surface area contributed by atoms with Gasteiger partial charge in [0.1, 0.15) is 17.8 Å². The fourth-order valence-corrected chi connectivity index (χ4v) is 5.47. The second-order valence-electron chi connectivity index (χ2n) is 10.1. The highest BCUT2D eigenvalue weighted by Crippen LogP contribution is 2.43. The van der Waals surface area contributed by atoms with Gasteiger partial charge in [0, 0.05) is 29.9 Å². The van der Waals surface area contributed by atoms with Crippen molar-refractivity contribution in [2.45, 2.75) is 32.2 Å². The van der Waals surface area contributed by atoms with Crippen LogP contribution in [0, 0.1) is 12.8 Å². The standard InChI is InChI=1S/C30H32N6/c1-3-22(16-27-20(2)10-11-26(34-27)23-8-5-4-6-9-23)25-18-36(30-28(25)29(31)32-19-33-30)24-14-21(15-24)17-35-12-7-13-35/h3-6,8-11,16,18-19,21,24H,1,7,12-15,17H2,2H3,(H2,31,32,33)/b22-16+. The van der Waals surface area contributed by atoms with E-state index >= 15 is 0 Å². The molecule has 0 radical (unpaired) electrons. The topological polar surface area (TPSA) is 72.9 Å². The molecule has 1 saturated carbocycles. The third kappa shape index (κ3) is 4.11. The quantitative estimate of drug-likeness (QED) is 0.343. The molecule has 2 aliphatic rings. The van der Waals surface area contributed by atoms with E-state index in [4.69, 9.17) is 10.7 Å². The Labute approximate surface area is 212 Å². The Hall–Kier alpha value is -3.77. The fourth-order valence-electron chi connectivity index (χ4n) is 5.47. The lowest BCUT2D eigenvalue weighted by atomic mass is 9.79. The minimum absolute atomic E-state index is 0.439. The van der Waals surface area contributed by atoms with E-state index in [0.29, 0.717) is 11.9 Å². The first-order valence-electron chi connectivity index (χ1n) is 12.8. The summed E-state index contributed by atoms with van der Waals surface area (Å²) in [6, 6.07) is 14.9. The Kier molecular flexibility index (Phi) is 5.89. The molecule has 2 N–H and O–H groups in total. The molecular formula is C30H32N6. The van der Waals surface area contributed by atoms with Crippen molar-refractivity contribution in [3.8, 4) is 11.3 Å². The molecule has 36 heavy (non-hydrogen) atoms. The van der Waals surface area contributed by atoms with Crippen molar-refractivity contribution in [1.82, 2.24) is 24.4 Å². The predicted molar refractivity (Wildman–Crippen MR) is 147 cm³/mol. The van der Waals surface area contributed by atoms with Gasteiger partial charge in [-0.05, 0) is 68.5 Å². The average molecular weight is 477 g/mol. The van der Waals surface area contributed by atoms with Gasteiger partial charge in [-0.15, -0.1) is 0 Å². The Bertz CT molecular complexity index is 1440. The average Bonchev–Trinajstić information content (AvgIpc) is 3.22. The maximum Gasteiger partial charge on any atom is 0.146 e. The lowest BCUT2D eigenvalue weighted by molar-refractivity contribution is 0.0921. The number of allylic oxidation sites excluding steroid dienone is 2. The molecule has 6 nitrogen and oxygen atoms in total. The number of likely N-dealkylation sites (tertiary alicyclic amines) is 1. The number of hydrogen-bond donors (Lipinski definition) is 1. The Morgan fingerprint density at radius 3 is 2.64 bits per heavy atom. The molecule has 0 spiro atoms. The summed E-state index contributed by atoms with van der Waals surface area (Å²) in [7, 11) is 0. The molecule has 4 aromatic rings. The summed E-state index contributed by atoms with van der Waals surface area (Å²) >= 11 is 0. The lowest BCUT2D eigenvalue weighted by Crippen LogP contribution is -2.43. The molecule has 4 heterocycles. The molecule has 1 aliphatic heterocycles. The van der Waals surface area contributed by atoms with E-state index in [-0.39, 0.29) is 0 Å². The molecule has 182 valence electrons. The van der Waals surface area contributed by atoms with Gasteiger partial charge in [-0.25, -0.2) is 15.0 Å². The van der Waals surface area contributed by atoms with Gasteiger partial charge in [0.15, 0.2) is 0 Å². The van der Waals surface area contributed by atoms with E-state index in [2.05, 4.69) is 69.5 Å². The molecule has 1 aliphatic carbocycles. The number of nitrogen functional groups attached to an aromatic ring is 1. The number of benzene rings is 1. The van der Waals surface area contributed by atoms with Crippen LogP contribution in [0.4, 0.5) is 5.82 Å². The third-order valence-electron chi connectivity index (χ3n) is 7.74. The van der Waals surface area contributed by atoms with E-state index in [0.717, 1.165) is 50.6 Å². The number of aryl methyl sites for hydroxylation is 1. The van der Waals surface area contributed by atoms with E-state index in [1.807, 2.05) is 24.3 Å². The molecule has 1 aromatic carbocycles. The van der Waals surface area contributed by atoms with E-state index in [1.54, 1.807) is 6.33 Å². The van der Waals surface area contributed by atoms with Gasteiger partial charge in [0.25, 0.3) is 0 Å². The van der Waals surface area contributed by atoms with Gasteiger partial charge in [-0.2, -0.15) is 0 Å². The molecule has 0 bridgehead atoms. The zero-order valence-electron chi connectivity index (χ0n) is 20.8. The van der Waals surface area contributed by atoms with Crippen molar-refractivity contribution in [1.29, 1.82) is 0 Å². The van der Waals surface area contributed by atoms with Crippen molar-refractivity contribution in [3.05, 3.63) is 84.5 Å². The van der Waals surface area contributed by atoms with Crippen LogP contribution in [0.5, 0.6) is 0 Å². The number of anilines is 1. The van der Waals surface area contributed by atoms with Gasteiger partial charge in [-0.1, -0.05) is 49.1 Å². The highest BCUT2D eigenvalue weighted by atomic mass is 15.2. The van der Waals surface area contributed by atoms with Gasteiger partial charge in [0.05, 0.1) is 16.8 Å². The van der Waals surface area contributed by atoms with Gasteiger partial charge < -0.3 is 15.2 Å². The summed E-state index contributed by atoms with van der Waals surface area (Å²) < 4.78 is 2.31. The normalized spacial score (nSPS) is 20.2. The van der Waals surface area contributed by atoms with Gasteiger partial charge in [0.2, 0.25) is 0 Å². The minimum atomic E-state index is 0.439. The zero-order valence-corrected chi connectivity index (χ0v) is 20.8. The first kappa shape index (κ1) is 22.7. The smallest absolute Gasteiger partial charge is 0.146 e. The highest BCUT2D eigenvalue weighted by Gasteiger charge is 2.34. The molecule has 0 atom stereocenters. The van der Waals surface area contributed by atoms with Crippen LogP contribution in [0.3, 0.4) is 0 Å². The van der Waals surface area contributed by atoms with Crippen molar-refractivity contribution in [3.63, 3.8) is 0 Å². The summed E-state index contributed by atoms with van der Waals surface area (Å²) in [4.78, 5) is 16.5. The number of pyridine rings is 1. The summed E-state index contributed by atoms with van der Waals surface area (Å²) in [5.74, 6) is 1.26. The van der Waals surface area contributed by atoms with Crippen molar-refractivity contribution in [2.24, 2.45) is 5.92 Å². The number of nitrogens with zero attached hydrogens (tertiary/aromatic N) is 5. The second kappa shape index (κ2) is 9.36. The molecule has 0 amide bonds. The van der Waals surface area contributed by atoms with Crippen molar-refractivity contribution in [2.75, 3.05) is 25.4 Å². The summed E-state index contributed by atoms with van der Waals surface area (Å²) in [5.41, 5.74) is 13.4. The van der Waals surface area contributed by atoms with Crippen LogP contribution in [0.25, 0.3) is 33.9 Å². The first-order chi connectivity index (χ1) is 17.6. The minimum Gasteiger partial charge on any atom is -0.383 e. The van der Waals surface area contributed by atoms with Crippen LogP contribution in [-0.4, -0.2) is 44.1 Å². The Morgan fingerprint density at radius 1 is 1.11 bits per heavy atom. The largest absolute Gasteiger partial charge is 0.383 e. The van der Waals surface area contributed by atoms with E-state index in [9.17, 15) is 0 Å². The molecule has 6 heteroatoms. The summed E-state index contributed by atoms with van der Waals surface area (Å²) in [5, 5.41) is 0.895. The third-order valence-corrected chi connectivity index (χ3v) is 7.74. The lowest BCUT2D eigenvalue weighted by Gasteiger charge is -2.42. The molecule has 1 saturated heterocycles. The maximum absolute atomic E-state index is 6.42. The number of hydrogen-bond acceptors (Lipinski definition) is 5. The number of nitrogens with two attached hydrogens (primary N) is 1. The monoisotopic (exact) mass is 476 g/mol. The maximum atomic E-state index is 6.42. The van der Waals surface area contributed by atoms with Gasteiger partial charge in [-0.3, -0.25) is 0 Å². The first-order valence-corrected chi connectivity index (χ1v) is 12.8. The Morgan fingerprint density at radius 2 is 1.92 bits per heavy atom. The van der Waals surface area contributed by atoms with E-state index in [1.165, 1.54) is 38.9 Å². The fraction of sp³-hybridized carbons (Fsp3) is 0.300. The molecule has 2 fully saturated rings. The molecule has 6 rings (SSSR count). The van der Waals surface area contributed by atoms with Crippen LogP contribution < -0.4 is 5.73 Å². The van der Waals surface area contributed by atoms with Crippen LogP contribution in [0.15, 0.2) is 67.6 Å². The van der Waals surface area contributed by atoms with Crippen molar-refractivity contribution >= 4 is 28.5 Å². The number of fused-ring (bicyclic) bond motifs is 1. The second-order valence-corrected chi connectivity index (χ2v) is 10.1. The number of rotatable bonds is 7. The van der Waals surface area contributed by atoms with Crippen LogP contribution in [0.1, 0.15) is 42.1 Å². The van der Waals surface area contributed by atoms with Crippen LogP contribution >= 0.6 is 0 Å². The molecular weight excluding hydrogens is 444 g/mol. The summed E-state index contributed by atoms with van der Waals surface area (Å²) in [6.07, 6.45) is 11.5. The number of aromatic nitrogens is 4.